The first-order chi connectivity index (χ1) is 6.19. The van der Waals surface area contributed by atoms with Crippen LogP contribution in [0.4, 0.5) is 0 Å². The van der Waals surface area contributed by atoms with Crippen LogP contribution in [0, 0.1) is 0 Å². The van der Waals surface area contributed by atoms with E-state index in [1.807, 2.05) is 12.1 Å². The lowest BCUT2D eigenvalue weighted by Crippen LogP contribution is -2.02. The molecular formula is C9H12Cl3NO. The van der Waals surface area contributed by atoms with Gasteiger partial charge in [0.15, 0.2) is 5.75 Å². The lowest BCUT2D eigenvalue weighted by Gasteiger charge is -2.07. The summed E-state index contributed by atoms with van der Waals surface area (Å²) in [6.45, 7) is 0.582. The van der Waals surface area contributed by atoms with Crippen molar-refractivity contribution in [1.29, 1.82) is 0 Å². The molecule has 0 radical (unpaired) electrons. The van der Waals surface area contributed by atoms with Crippen LogP contribution >= 0.6 is 35.6 Å². The summed E-state index contributed by atoms with van der Waals surface area (Å²) in [4.78, 5) is 0. The summed E-state index contributed by atoms with van der Waals surface area (Å²) in [6, 6.07) is 3.64. The summed E-state index contributed by atoms with van der Waals surface area (Å²) in [7, 11) is 1.54. The molecule has 0 bridgehead atoms. The van der Waals surface area contributed by atoms with Gasteiger partial charge in [0, 0.05) is 0 Å². The van der Waals surface area contributed by atoms with E-state index in [0.29, 0.717) is 22.3 Å². The monoisotopic (exact) mass is 255 g/mol. The zero-order valence-electron chi connectivity index (χ0n) is 7.72. The second kappa shape index (κ2) is 6.36. The smallest absolute Gasteiger partial charge is 0.156 e. The van der Waals surface area contributed by atoms with Gasteiger partial charge >= 0.3 is 0 Å². The molecule has 0 fully saturated rings. The third kappa shape index (κ3) is 3.21. The van der Waals surface area contributed by atoms with Crippen molar-refractivity contribution in [1.82, 2.24) is 0 Å². The van der Waals surface area contributed by atoms with Crippen LogP contribution in [0.5, 0.6) is 5.75 Å². The number of ether oxygens (including phenoxy) is 1. The SMILES string of the molecule is COc1c(Cl)cc(CCN)cc1Cl.Cl. The second-order valence-electron chi connectivity index (χ2n) is 2.63. The molecule has 14 heavy (non-hydrogen) atoms. The summed E-state index contributed by atoms with van der Waals surface area (Å²) in [5.41, 5.74) is 6.44. The van der Waals surface area contributed by atoms with Gasteiger partial charge in [0.1, 0.15) is 0 Å². The maximum absolute atomic E-state index is 5.92. The van der Waals surface area contributed by atoms with Gasteiger partial charge < -0.3 is 10.5 Å². The highest BCUT2D eigenvalue weighted by Gasteiger charge is 2.07. The average molecular weight is 257 g/mol. The van der Waals surface area contributed by atoms with Crippen LogP contribution in [0.2, 0.25) is 10.0 Å². The Morgan fingerprint density at radius 3 is 2.14 bits per heavy atom. The highest BCUT2D eigenvalue weighted by molar-refractivity contribution is 6.37. The van der Waals surface area contributed by atoms with Gasteiger partial charge in [-0.25, -0.2) is 0 Å². The molecule has 0 aromatic heterocycles. The molecule has 0 saturated heterocycles. The van der Waals surface area contributed by atoms with Crippen molar-refractivity contribution in [3.8, 4) is 5.75 Å². The van der Waals surface area contributed by atoms with Crippen molar-refractivity contribution < 1.29 is 4.74 Å². The molecule has 1 rings (SSSR count). The summed E-state index contributed by atoms with van der Waals surface area (Å²) < 4.78 is 5.01. The number of rotatable bonds is 3. The van der Waals surface area contributed by atoms with E-state index in [1.54, 1.807) is 0 Å². The highest BCUT2D eigenvalue weighted by Crippen LogP contribution is 2.33. The Morgan fingerprint density at radius 1 is 1.29 bits per heavy atom. The molecule has 2 N–H and O–H groups in total. The lowest BCUT2D eigenvalue weighted by atomic mass is 10.1. The molecule has 0 heterocycles. The largest absolute Gasteiger partial charge is 0.494 e. The fraction of sp³-hybridized carbons (Fsp3) is 0.333. The van der Waals surface area contributed by atoms with Crippen molar-refractivity contribution in [2.75, 3.05) is 13.7 Å². The summed E-state index contributed by atoms with van der Waals surface area (Å²) >= 11 is 11.8. The molecule has 1 aromatic carbocycles. The Balaban J connectivity index is 0.00000169. The molecular weight excluding hydrogens is 244 g/mol. The average Bonchev–Trinajstić information content (AvgIpc) is 2.04. The van der Waals surface area contributed by atoms with Crippen molar-refractivity contribution in [2.45, 2.75) is 6.42 Å². The van der Waals surface area contributed by atoms with Gasteiger partial charge in [0.25, 0.3) is 0 Å². The molecule has 0 amide bonds. The van der Waals surface area contributed by atoms with Gasteiger partial charge in [-0.2, -0.15) is 0 Å². The Morgan fingerprint density at radius 2 is 1.79 bits per heavy atom. The van der Waals surface area contributed by atoms with Gasteiger partial charge in [-0.15, -0.1) is 12.4 Å². The Kier molecular flexibility index (Phi) is 6.29. The number of halogens is 3. The fourth-order valence-electron chi connectivity index (χ4n) is 1.12. The zero-order valence-corrected chi connectivity index (χ0v) is 10.0. The number of nitrogens with two attached hydrogens (primary N) is 1. The van der Waals surface area contributed by atoms with Crippen LogP contribution in [-0.2, 0) is 6.42 Å². The molecule has 0 spiro atoms. The van der Waals surface area contributed by atoms with Gasteiger partial charge in [-0.05, 0) is 30.7 Å². The normalized spacial score (nSPS) is 9.43. The first-order valence-electron chi connectivity index (χ1n) is 3.91. The maximum Gasteiger partial charge on any atom is 0.156 e. The first kappa shape index (κ1) is 13.8. The van der Waals surface area contributed by atoms with E-state index in [-0.39, 0.29) is 12.4 Å². The molecule has 0 aliphatic rings. The van der Waals surface area contributed by atoms with E-state index >= 15 is 0 Å². The Labute approximate surface area is 99.7 Å². The van der Waals surface area contributed by atoms with Crippen molar-refractivity contribution >= 4 is 35.6 Å². The minimum Gasteiger partial charge on any atom is -0.494 e. The van der Waals surface area contributed by atoms with E-state index in [2.05, 4.69) is 0 Å². The van der Waals surface area contributed by atoms with Gasteiger partial charge in [0.2, 0.25) is 0 Å². The number of benzene rings is 1. The molecule has 1 aromatic rings. The topological polar surface area (TPSA) is 35.2 Å². The predicted molar refractivity (Wildman–Crippen MR) is 63.0 cm³/mol. The fourth-order valence-corrected chi connectivity index (χ4v) is 1.80. The molecule has 0 unspecified atom stereocenters. The molecule has 2 nitrogen and oxygen atoms in total. The highest BCUT2D eigenvalue weighted by atomic mass is 35.5. The molecule has 0 aliphatic heterocycles. The predicted octanol–water partition coefficient (Wildman–Crippen LogP) is 2.93. The van der Waals surface area contributed by atoms with E-state index < -0.39 is 0 Å². The number of hydrogen-bond donors (Lipinski definition) is 1. The van der Waals surface area contributed by atoms with Crippen LogP contribution in [0.15, 0.2) is 12.1 Å². The lowest BCUT2D eigenvalue weighted by molar-refractivity contribution is 0.415. The van der Waals surface area contributed by atoms with E-state index in [0.717, 1.165) is 12.0 Å². The zero-order chi connectivity index (χ0) is 9.84. The van der Waals surface area contributed by atoms with E-state index in [1.165, 1.54) is 7.11 Å². The Bertz CT molecular complexity index is 281. The maximum atomic E-state index is 5.92. The van der Waals surface area contributed by atoms with Crippen molar-refractivity contribution in [3.05, 3.63) is 27.7 Å². The summed E-state index contributed by atoms with van der Waals surface area (Å²) in [5.74, 6) is 0.518. The number of hydrogen-bond acceptors (Lipinski definition) is 2. The third-order valence-electron chi connectivity index (χ3n) is 1.70. The van der Waals surface area contributed by atoms with Gasteiger partial charge in [-0.3, -0.25) is 0 Å². The van der Waals surface area contributed by atoms with Crippen LogP contribution in [0.25, 0.3) is 0 Å². The van der Waals surface area contributed by atoms with Crippen molar-refractivity contribution in [2.24, 2.45) is 5.73 Å². The molecule has 0 saturated carbocycles. The van der Waals surface area contributed by atoms with E-state index in [9.17, 15) is 0 Å². The molecule has 5 heteroatoms. The standard InChI is InChI=1S/C9H11Cl2NO.ClH/c1-13-9-7(10)4-6(2-3-12)5-8(9)11;/h4-5H,2-3,12H2,1H3;1H. The molecule has 80 valence electrons. The van der Waals surface area contributed by atoms with Gasteiger partial charge in [0.05, 0.1) is 17.2 Å². The van der Waals surface area contributed by atoms with E-state index in [4.69, 9.17) is 33.7 Å². The van der Waals surface area contributed by atoms with Crippen LogP contribution in [-0.4, -0.2) is 13.7 Å². The molecule has 0 aliphatic carbocycles. The van der Waals surface area contributed by atoms with Crippen LogP contribution < -0.4 is 10.5 Å². The van der Waals surface area contributed by atoms with Crippen LogP contribution in [0.3, 0.4) is 0 Å². The third-order valence-corrected chi connectivity index (χ3v) is 2.26. The quantitative estimate of drug-likeness (QED) is 0.902. The number of methoxy groups -OCH3 is 1. The minimum absolute atomic E-state index is 0. The second-order valence-corrected chi connectivity index (χ2v) is 3.45. The summed E-state index contributed by atoms with van der Waals surface area (Å²) in [6.07, 6.45) is 0.767. The molecule has 0 atom stereocenters. The van der Waals surface area contributed by atoms with Crippen molar-refractivity contribution in [3.63, 3.8) is 0 Å². The Hall–Kier alpha value is -0.150. The first-order valence-corrected chi connectivity index (χ1v) is 4.66. The van der Waals surface area contributed by atoms with Crippen LogP contribution in [0.1, 0.15) is 5.56 Å². The van der Waals surface area contributed by atoms with Gasteiger partial charge in [-0.1, -0.05) is 23.2 Å². The minimum atomic E-state index is 0. The summed E-state index contributed by atoms with van der Waals surface area (Å²) in [5, 5.41) is 1.05.